The Bertz CT molecular complexity index is 947. The normalized spacial score (nSPS) is 12.7. The van der Waals surface area contributed by atoms with Crippen LogP contribution in [0.2, 0.25) is 0 Å². The maximum absolute atomic E-state index is 11.3. The molecule has 3 rings (SSSR count). The van der Waals surface area contributed by atoms with Crippen LogP contribution in [0.1, 0.15) is 30.4 Å². The Morgan fingerprint density at radius 1 is 1.24 bits per heavy atom. The number of carbonyl (C=O) groups is 1. The highest BCUT2D eigenvalue weighted by Gasteiger charge is 2.24. The van der Waals surface area contributed by atoms with Crippen molar-refractivity contribution in [3.8, 4) is 10.6 Å². The number of para-hydroxylation sites is 1. The number of β-amino-alcohol motifs (C(OH)–C–C–N with tert-alkyl or cyclic N) is 1. The van der Waals surface area contributed by atoms with E-state index >= 15 is 0 Å². The zero-order valence-corrected chi connectivity index (χ0v) is 19.1. The van der Waals surface area contributed by atoms with Gasteiger partial charge < -0.3 is 15.7 Å². The molecule has 1 unspecified atom stereocenters. The molecule has 0 spiro atoms. The lowest BCUT2D eigenvalue weighted by molar-refractivity contribution is 0.100. The van der Waals surface area contributed by atoms with Crippen molar-refractivity contribution in [2.45, 2.75) is 36.8 Å². The molecule has 0 saturated heterocycles. The third-order valence-corrected chi connectivity index (χ3v) is 7.54. The van der Waals surface area contributed by atoms with E-state index in [0.29, 0.717) is 17.2 Å². The molecule has 5 nitrogen and oxygen atoms in total. The quantitative estimate of drug-likeness (QED) is 0.488. The molecular weight excluding hydrogens is 422 g/mol. The number of thioether (sulfide) groups is 1. The van der Waals surface area contributed by atoms with Crippen LogP contribution in [-0.2, 0) is 0 Å². The summed E-state index contributed by atoms with van der Waals surface area (Å²) < 4.78 is 0.898. The minimum atomic E-state index is -0.491. The van der Waals surface area contributed by atoms with Gasteiger partial charge in [-0.2, -0.15) is 0 Å². The standard InChI is InChI=1S/C21H25N3O2S3/c1-21(2,3)24(14-7-5-4-6-8-14)11-15(25)12-27-20-23-16(13-28-20)17-9-10-18(29-17)19(22)26/h4-10,13,15,25H,11-12H2,1-3H3,(H2,22,26). The van der Waals surface area contributed by atoms with Gasteiger partial charge in [0, 0.05) is 28.9 Å². The first-order valence-corrected chi connectivity index (χ1v) is 11.9. The third-order valence-electron chi connectivity index (χ3n) is 4.25. The maximum Gasteiger partial charge on any atom is 0.258 e. The van der Waals surface area contributed by atoms with Gasteiger partial charge in [-0.05, 0) is 45.0 Å². The second kappa shape index (κ2) is 9.30. The number of benzene rings is 1. The van der Waals surface area contributed by atoms with Gasteiger partial charge in [-0.15, -0.1) is 22.7 Å². The van der Waals surface area contributed by atoms with Crippen LogP contribution in [0.25, 0.3) is 10.6 Å². The van der Waals surface area contributed by atoms with E-state index in [0.717, 1.165) is 20.6 Å². The Kier molecular flexibility index (Phi) is 7.00. The van der Waals surface area contributed by atoms with Gasteiger partial charge in [0.1, 0.15) is 0 Å². The molecule has 2 aromatic heterocycles. The zero-order valence-electron chi connectivity index (χ0n) is 16.7. The smallest absolute Gasteiger partial charge is 0.258 e. The summed E-state index contributed by atoms with van der Waals surface area (Å²) in [5, 5.41) is 12.6. The number of anilines is 1. The summed E-state index contributed by atoms with van der Waals surface area (Å²) in [5.74, 6) is 0.139. The topological polar surface area (TPSA) is 79.4 Å². The Balaban J connectivity index is 1.60. The molecule has 1 amide bonds. The number of hydrogen-bond acceptors (Lipinski definition) is 7. The molecule has 0 aliphatic carbocycles. The van der Waals surface area contributed by atoms with E-state index in [1.807, 2.05) is 29.6 Å². The Hall–Kier alpha value is -1.87. The van der Waals surface area contributed by atoms with Crippen LogP contribution in [0.5, 0.6) is 0 Å². The summed E-state index contributed by atoms with van der Waals surface area (Å²) in [6.07, 6.45) is -0.491. The van der Waals surface area contributed by atoms with Gasteiger partial charge in [-0.1, -0.05) is 30.0 Å². The molecule has 0 radical (unpaired) electrons. The number of rotatable bonds is 8. The number of nitrogens with two attached hydrogens (primary N) is 1. The minimum absolute atomic E-state index is 0.0986. The number of nitrogens with zero attached hydrogens (tertiary/aromatic N) is 2. The fraction of sp³-hybridized carbons (Fsp3) is 0.333. The third kappa shape index (κ3) is 5.82. The number of aromatic nitrogens is 1. The first kappa shape index (κ1) is 21.8. The van der Waals surface area contributed by atoms with Gasteiger partial charge in [0.25, 0.3) is 5.91 Å². The lowest BCUT2D eigenvalue weighted by Gasteiger charge is -2.39. The van der Waals surface area contributed by atoms with Crippen LogP contribution < -0.4 is 10.6 Å². The van der Waals surface area contributed by atoms with Crippen molar-refractivity contribution in [2.24, 2.45) is 5.73 Å². The van der Waals surface area contributed by atoms with E-state index in [9.17, 15) is 9.90 Å². The van der Waals surface area contributed by atoms with Crippen molar-refractivity contribution in [1.82, 2.24) is 4.98 Å². The van der Waals surface area contributed by atoms with Crippen LogP contribution in [-0.4, -0.2) is 39.9 Å². The number of carbonyl (C=O) groups excluding carboxylic acids is 1. The number of thiazole rings is 1. The monoisotopic (exact) mass is 447 g/mol. The van der Waals surface area contributed by atoms with Crippen LogP contribution in [0.4, 0.5) is 5.69 Å². The molecule has 0 bridgehead atoms. The van der Waals surface area contributed by atoms with Gasteiger partial charge in [-0.25, -0.2) is 4.98 Å². The average molecular weight is 448 g/mol. The molecule has 29 heavy (non-hydrogen) atoms. The van der Waals surface area contributed by atoms with Crippen molar-refractivity contribution in [1.29, 1.82) is 0 Å². The summed E-state index contributed by atoms with van der Waals surface area (Å²) >= 11 is 4.44. The second-order valence-electron chi connectivity index (χ2n) is 7.61. The van der Waals surface area contributed by atoms with Gasteiger partial charge in [-0.3, -0.25) is 4.79 Å². The molecule has 3 aromatic rings. The molecule has 154 valence electrons. The van der Waals surface area contributed by atoms with Crippen molar-refractivity contribution in [3.63, 3.8) is 0 Å². The lowest BCUT2D eigenvalue weighted by Crippen LogP contribution is -2.46. The molecular formula is C21H25N3O2S3. The minimum Gasteiger partial charge on any atom is -0.390 e. The number of thiophene rings is 1. The van der Waals surface area contributed by atoms with Crippen LogP contribution in [0.3, 0.4) is 0 Å². The van der Waals surface area contributed by atoms with Gasteiger partial charge >= 0.3 is 0 Å². The zero-order chi connectivity index (χ0) is 21.0. The molecule has 0 saturated carbocycles. The van der Waals surface area contributed by atoms with Gasteiger partial charge in [0.05, 0.1) is 21.6 Å². The van der Waals surface area contributed by atoms with Crippen LogP contribution in [0, 0.1) is 0 Å². The van der Waals surface area contributed by atoms with E-state index in [2.05, 4.69) is 42.8 Å². The number of aliphatic hydroxyl groups excluding tert-OH is 1. The van der Waals surface area contributed by atoms with E-state index < -0.39 is 12.0 Å². The second-order valence-corrected chi connectivity index (χ2v) is 10.8. The van der Waals surface area contributed by atoms with Crippen molar-refractivity contribution < 1.29 is 9.90 Å². The molecule has 0 fully saturated rings. The maximum atomic E-state index is 11.3. The predicted octanol–water partition coefficient (Wildman–Crippen LogP) is 4.73. The fourth-order valence-corrected chi connectivity index (χ4v) is 5.51. The summed E-state index contributed by atoms with van der Waals surface area (Å²) in [5.41, 5.74) is 7.16. The van der Waals surface area contributed by atoms with Crippen LogP contribution >= 0.6 is 34.4 Å². The highest BCUT2D eigenvalue weighted by atomic mass is 32.2. The van der Waals surface area contributed by atoms with Crippen molar-refractivity contribution in [3.05, 3.63) is 52.7 Å². The fourth-order valence-electron chi connectivity index (χ4n) is 2.85. The highest BCUT2D eigenvalue weighted by Crippen LogP contribution is 2.33. The Morgan fingerprint density at radius 2 is 1.97 bits per heavy atom. The number of amides is 1. The van der Waals surface area contributed by atoms with Crippen molar-refractivity contribution >= 4 is 46.0 Å². The largest absolute Gasteiger partial charge is 0.390 e. The van der Waals surface area contributed by atoms with E-state index in [4.69, 9.17) is 5.73 Å². The Morgan fingerprint density at radius 3 is 2.59 bits per heavy atom. The number of aliphatic hydroxyl groups is 1. The number of hydrogen-bond donors (Lipinski definition) is 2. The summed E-state index contributed by atoms with van der Waals surface area (Å²) in [6, 6.07) is 13.8. The first-order valence-electron chi connectivity index (χ1n) is 9.23. The van der Waals surface area contributed by atoms with Crippen molar-refractivity contribution in [2.75, 3.05) is 17.2 Å². The highest BCUT2D eigenvalue weighted by molar-refractivity contribution is 8.01. The molecule has 0 aliphatic rings. The number of primary amides is 1. The van der Waals surface area contributed by atoms with Gasteiger partial charge in [0.2, 0.25) is 0 Å². The first-order chi connectivity index (χ1) is 13.7. The molecule has 3 N–H and O–H groups in total. The molecule has 2 heterocycles. The molecule has 8 heteroatoms. The van der Waals surface area contributed by atoms with E-state index in [1.54, 1.807) is 29.2 Å². The molecule has 1 aromatic carbocycles. The van der Waals surface area contributed by atoms with Gasteiger partial charge in [0.15, 0.2) is 4.34 Å². The molecule has 1 atom stereocenters. The SMILES string of the molecule is CC(C)(C)N(CC(O)CSc1nc(-c2ccc(C(N)=O)s2)cs1)c1ccccc1. The van der Waals surface area contributed by atoms with E-state index in [1.165, 1.54) is 11.3 Å². The predicted molar refractivity (Wildman–Crippen MR) is 124 cm³/mol. The Labute approximate surface area is 183 Å². The summed E-state index contributed by atoms with van der Waals surface area (Å²) in [7, 11) is 0. The molecule has 0 aliphatic heterocycles. The summed E-state index contributed by atoms with van der Waals surface area (Å²) in [4.78, 5) is 19.6. The average Bonchev–Trinajstić information content (AvgIpc) is 3.33. The van der Waals surface area contributed by atoms with Crippen LogP contribution in [0.15, 0.2) is 52.2 Å². The van der Waals surface area contributed by atoms with E-state index in [-0.39, 0.29) is 5.54 Å². The summed E-state index contributed by atoms with van der Waals surface area (Å²) in [6.45, 7) is 6.99. The lowest BCUT2D eigenvalue weighted by atomic mass is 10.0.